The first-order chi connectivity index (χ1) is 15.1. The maximum Gasteiger partial charge on any atom is 0.232 e. The molecule has 0 saturated carbocycles. The van der Waals surface area contributed by atoms with E-state index < -0.39 is 0 Å². The summed E-state index contributed by atoms with van der Waals surface area (Å²) in [6.07, 6.45) is 6.19. The van der Waals surface area contributed by atoms with Crippen LogP contribution >= 0.6 is 23.8 Å². The molecular weight excluding hydrogens is 428 g/mol. The van der Waals surface area contributed by atoms with Crippen LogP contribution in [0.15, 0.2) is 30.3 Å². The molecule has 3 heterocycles. The third kappa shape index (κ3) is 5.98. The van der Waals surface area contributed by atoms with Gasteiger partial charge in [0.05, 0.1) is 0 Å². The van der Waals surface area contributed by atoms with Crippen LogP contribution < -0.4 is 20.4 Å². The van der Waals surface area contributed by atoms with E-state index in [0.29, 0.717) is 23.5 Å². The minimum absolute atomic E-state index is 0.494. The largest absolute Gasteiger partial charge is 0.358 e. The molecule has 0 radical (unpaired) electrons. The molecule has 2 aromatic rings. The first kappa shape index (κ1) is 22.1. The number of thiocarbonyl (C=S) groups is 1. The summed E-state index contributed by atoms with van der Waals surface area (Å²) in [5, 5.41) is 7.64. The van der Waals surface area contributed by atoms with Crippen molar-refractivity contribution in [1.82, 2.24) is 15.3 Å². The number of nitrogens with zero attached hydrogens (tertiary/aromatic N) is 4. The van der Waals surface area contributed by atoms with Crippen LogP contribution in [0.5, 0.6) is 0 Å². The molecule has 6 nitrogen and oxygen atoms in total. The first-order valence-electron chi connectivity index (χ1n) is 11.3. The highest BCUT2D eigenvalue weighted by Gasteiger charge is 2.21. The van der Waals surface area contributed by atoms with Crippen LogP contribution in [0.2, 0.25) is 5.02 Å². The Kier molecular flexibility index (Phi) is 7.45. The average Bonchev–Trinajstić information content (AvgIpc) is 2.79. The smallest absolute Gasteiger partial charge is 0.232 e. The van der Waals surface area contributed by atoms with Crippen molar-refractivity contribution in [3.63, 3.8) is 0 Å². The van der Waals surface area contributed by atoms with Crippen LogP contribution in [-0.4, -0.2) is 41.3 Å². The van der Waals surface area contributed by atoms with Gasteiger partial charge in [0.1, 0.15) is 11.6 Å². The van der Waals surface area contributed by atoms with Gasteiger partial charge in [-0.1, -0.05) is 36.7 Å². The molecule has 31 heavy (non-hydrogen) atoms. The standard InChI is InChI=1S/C23H31ClN6S/c1-17-8-7-13-30(16-17)21-14-20(29-11-5-2-6-12-29)26-22(27-21)28-23(31)25-15-18-9-3-4-10-19(18)24/h3-4,9-10,14,17H,2,5-8,11-13,15-16H2,1H3,(H2,25,26,27,28,31)/t17-/m0/s1. The molecule has 0 aliphatic carbocycles. The molecule has 1 atom stereocenters. The Labute approximate surface area is 195 Å². The fraction of sp³-hybridized carbons (Fsp3) is 0.522. The molecule has 8 heteroatoms. The number of piperidine rings is 2. The molecule has 0 bridgehead atoms. The Hall–Kier alpha value is -2.12. The maximum atomic E-state index is 6.25. The Balaban J connectivity index is 1.50. The zero-order valence-corrected chi connectivity index (χ0v) is 19.7. The van der Waals surface area contributed by atoms with E-state index in [-0.39, 0.29) is 0 Å². The summed E-state index contributed by atoms with van der Waals surface area (Å²) in [7, 11) is 0. The lowest BCUT2D eigenvalue weighted by Gasteiger charge is -2.33. The lowest BCUT2D eigenvalue weighted by atomic mass is 10.0. The number of rotatable bonds is 5. The van der Waals surface area contributed by atoms with Gasteiger partial charge >= 0.3 is 0 Å². The second-order valence-electron chi connectivity index (χ2n) is 8.55. The molecule has 1 aromatic carbocycles. The van der Waals surface area contributed by atoms with Gasteiger partial charge in [0.25, 0.3) is 0 Å². The summed E-state index contributed by atoms with van der Waals surface area (Å²) in [6, 6.07) is 9.91. The van der Waals surface area contributed by atoms with Crippen molar-refractivity contribution < 1.29 is 0 Å². The van der Waals surface area contributed by atoms with Crippen molar-refractivity contribution >= 4 is 46.5 Å². The van der Waals surface area contributed by atoms with Gasteiger partial charge in [0.2, 0.25) is 5.95 Å². The van der Waals surface area contributed by atoms with Crippen molar-refractivity contribution in [1.29, 1.82) is 0 Å². The van der Waals surface area contributed by atoms with E-state index in [2.05, 4.69) is 33.4 Å². The highest BCUT2D eigenvalue weighted by Crippen LogP contribution is 2.27. The third-order valence-electron chi connectivity index (χ3n) is 5.98. The molecule has 1 aromatic heterocycles. The van der Waals surface area contributed by atoms with Crippen LogP contribution in [0.4, 0.5) is 17.6 Å². The molecule has 2 N–H and O–H groups in total. The van der Waals surface area contributed by atoms with Gasteiger partial charge in [-0.25, -0.2) is 0 Å². The topological polar surface area (TPSA) is 56.3 Å². The van der Waals surface area contributed by atoms with E-state index in [1.165, 1.54) is 32.1 Å². The number of hydrogen-bond acceptors (Lipinski definition) is 5. The summed E-state index contributed by atoms with van der Waals surface area (Å²) in [4.78, 5) is 14.4. The number of hydrogen-bond donors (Lipinski definition) is 2. The Morgan fingerprint density at radius 2 is 1.77 bits per heavy atom. The fourth-order valence-corrected chi connectivity index (χ4v) is 4.65. The SMILES string of the molecule is C[C@H]1CCCN(c2cc(N3CCCCC3)nc(NC(=S)NCc3ccccc3Cl)n2)C1. The quantitative estimate of drug-likeness (QED) is 0.621. The van der Waals surface area contributed by atoms with E-state index >= 15 is 0 Å². The summed E-state index contributed by atoms with van der Waals surface area (Å²) >= 11 is 11.8. The van der Waals surface area contributed by atoms with Gasteiger partial charge in [-0.15, -0.1) is 0 Å². The van der Waals surface area contributed by atoms with E-state index in [1.807, 2.05) is 24.3 Å². The van der Waals surface area contributed by atoms with E-state index in [9.17, 15) is 0 Å². The molecule has 2 aliphatic heterocycles. The first-order valence-corrected chi connectivity index (χ1v) is 12.0. The van der Waals surface area contributed by atoms with Crippen LogP contribution in [0, 0.1) is 5.92 Å². The zero-order valence-electron chi connectivity index (χ0n) is 18.1. The van der Waals surface area contributed by atoms with Gasteiger partial charge in [0, 0.05) is 43.8 Å². The van der Waals surface area contributed by atoms with Crippen molar-refractivity contribution in [3.8, 4) is 0 Å². The van der Waals surface area contributed by atoms with Crippen molar-refractivity contribution in [2.75, 3.05) is 41.3 Å². The third-order valence-corrected chi connectivity index (χ3v) is 6.60. The summed E-state index contributed by atoms with van der Waals surface area (Å²) in [5.74, 6) is 3.20. The predicted octanol–water partition coefficient (Wildman–Crippen LogP) is 4.84. The minimum Gasteiger partial charge on any atom is -0.358 e. The summed E-state index contributed by atoms with van der Waals surface area (Å²) in [6.45, 7) is 7.02. The molecule has 2 aliphatic rings. The van der Waals surface area contributed by atoms with Crippen LogP contribution in [-0.2, 0) is 6.54 Å². The molecule has 166 valence electrons. The Morgan fingerprint density at radius 3 is 2.52 bits per heavy atom. The molecular formula is C23H31ClN6S. The van der Waals surface area contributed by atoms with E-state index in [1.54, 1.807) is 0 Å². The van der Waals surface area contributed by atoms with Crippen LogP contribution in [0.3, 0.4) is 0 Å². The van der Waals surface area contributed by atoms with Gasteiger partial charge in [-0.2, -0.15) is 9.97 Å². The highest BCUT2D eigenvalue weighted by molar-refractivity contribution is 7.80. The van der Waals surface area contributed by atoms with E-state index in [0.717, 1.165) is 48.4 Å². The molecule has 0 spiro atoms. The summed E-state index contributed by atoms with van der Waals surface area (Å²) in [5.41, 5.74) is 0.999. The minimum atomic E-state index is 0.494. The van der Waals surface area contributed by atoms with Crippen molar-refractivity contribution in [2.45, 2.75) is 45.6 Å². The van der Waals surface area contributed by atoms with Crippen molar-refractivity contribution in [3.05, 3.63) is 40.9 Å². The maximum absolute atomic E-state index is 6.25. The normalized spacial score (nSPS) is 19.2. The zero-order chi connectivity index (χ0) is 21.6. The molecule has 4 rings (SSSR count). The second kappa shape index (κ2) is 10.5. The lowest BCUT2D eigenvalue weighted by Crippen LogP contribution is -2.36. The molecule has 2 fully saturated rings. The van der Waals surface area contributed by atoms with Gasteiger partial charge in [-0.3, -0.25) is 0 Å². The fourth-order valence-electron chi connectivity index (χ4n) is 4.29. The monoisotopic (exact) mass is 458 g/mol. The Morgan fingerprint density at radius 1 is 1.06 bits per heavy atom. The number of aromatic nitrogens is 2. The number of benzene rings is 1. The van der Waals surface area contributed by atoms with Crippen LogP contribution in [0.1, 0.15) is 44.6 Å². The van der Waals surface area contributed by atoms with Gasteiger partial charge in [-0.05, 0) is 61.9 Å². The van der Waals surface area contributed by atoms with Gasteiger partial charge in [0.15, 0.2) is 5.11 Å². The second-order valence-corrected chi connectivity index (χ2v) is 9.36. The lowest BCUT2D eigenvalue weighted by molar-refractivity contribution is 0.444. The number of anilines is 3. The number of nitrogens with one attached hydrogen (secondary N) is 2. The van der Waals surface area contributed by atoms with E-state index in [4.69, 9.17) is 33.8 Å². The molecule has 0 unspecified atom stereocenters. The highest BCUT2D eigenvalue weighted by atomic mass is 35.5. The number of halogens is 1. The molecule has 2 saturated heterocycles. The predicted molar refractivity (Wildman–Crippen MR) is 133 cm³/mol. The molecule has 0 amide bonds. The average molecular weight is 459 g/mol. The van der Waals surface area contributed by atoms with Crippen molar-refractivity contribution in [2.24, 2.45) is 5.92 Å². The van der Waals surface area contributed by atoms with Crippen LogP contribution in [0.25, 0.3) is 0 Å². The van der Waals surface area contributed by atoms with Gasteiger partial charge < -0.3 is 20.4 Å². The Bertz CT molecular complexity index is 901. The summed E-state index contributed by atoms with van der Waals surface area (Å²) < 4.78 is 0.